The molecule has 1 aromatic carbocycles. The van der Waals surface area contributed by atoms with Crippen molar-refractivity contribution in [3.63, 3.8) is 0 Å². The van der Waals surface area contributed by atoms with Crippen LogP contribution in [0, 0.1) is 23.2 Å². The number of hydrogen-bond donors (Lipinski definition) is 1. The van der Waals surface area contributed by atoms with E-state index in [0.717, 1.165) is 48.9 Å². The van der Waals surface area contributed by atoms with E-state index in [4.69, 9.17) is 4.74 Å². The van der Waals surface area contributed by atoms with Crippen molar-refractivity contribution < 1.29 is 9.53 Å². The van der Waals surface area contributed by atoms with Gasteiger partial charge in [0, 0.05) is 29.7 Å². The van der Waals surface area contributed by atoms with Gasteiger partial charge in [0.15, 0.2) is 5.78 Å². The minimum atomic E-state index is -0.718. The highest BCUT2D eigenvalue weighted by Gasteiger charge is 2.61. The predicted molar refractivity (Wildman–Crippen MR) is 112 cm³/mol. The van der Waals surface area contributed by atoms with Crippen molar-refractivity contribution in [3.8, 4) is 11.8 Å². The lowest BCUT2D eigenvalue weighted by Gasteiger charge is -2.49. The number of allylic oxidation sites excluding steroid dienone is 1. The molecule has 1 unspecified atom stereocenters. The van der Waals surface area contributed by atoms with Crippen LogP contribution >= 0.6 is 0 Å². The molecule has 0 saturated heterocycles. The van der Waals surface area contributed by atoms with Crippen molar-refractivity contribution in [2.45, 2.75) is 70.4 Å². The number of benzene rings is 1. The largest absolute Gasteiger partial charge is 0.381 e. The van der Waals surface area contributed by atoms with Gasteiger partial charge in [-0.05, 0) is 82.1 Å². The zero-order valence-electron chi connectivity index (χ0n) is 17.4. The average molecular weight is 378 g/mol. The smallest absolute Gasteiger partial charge is 0.160 e. The van der Waals surface area contributed by atoms with Crippen LogP contribution in [0.15, 0.2) is 30.5 Å². The molecular formula is C25H31NO2. The number of Topliss-reactive ketones (excluding diaryl/α,β-unsaturated/α-hetero) is 1. The molecule has 0 aromatic heterocycles. The Balaban J connectivity index is 1.81. The predicted octanol–water partition coefficient (Wildman–Crippen LogP) is 4.49. The van der Waals surface area contributed by atoms with Gasteiger partial charge in [-0.3, -0.25) is 4.79 Å². The minimum absolute atomic E-state index is 0.127. The molecule has 3 nitrogen and oxygen atoms in total. The van der Waals surface area contributed by atoms with Crippen LogP contribution < -0.4 is 5.32 Å². The summed E-state index contributed by atoms with van der Waals surface area (Å²) in [6.45, 7) is 7.79. The number of methoxy groups -OCH3 is 1. The quantitative estimate of drug-likeness (QED) is 0.786. The highest BCUT2D eigenvalue weighted by atomic mass is 16.5. The maximum atomic E-state index is 13.3. The molecule has 0 radical (unpaired) electrons. The molecule has 4 rings (SSSR count). The Labute approximate surface area is 168 Å². The van der Waals surface area contributed by atoms with Gasteiger partial charge < -0.3 is 10.1 Å². The molecule has 2 saturated carbocycles. The molecule has 3 aliphatic carbocycles. The number of carbonyl (C=O) groups excluding carboxylic acids is 1. The van der Waals surface area contributed by atoms with Crippen LogP contribution in [-0.2, 0) is 21.5 Å². The summed E-state index contributed by atoms with van der Waals surface area (Å²) in [4.78, 5) is 13.3. The Morgan fingerprint density at radius 2 is 1.93 bits per heavy atom. The lowest BCUT2D eigenvalue weighted by atomic mass is 9.60. The van der Waals surface area contributed by atoms with Gasteiger partial charge in [-0.25, -0.2) is 0 Å². The molecule has 3 heteroatoms. The summed E-state index contributed by atoms with van der Waals surface area (Å²) < 4.78 is 5.62. The summed E-state index contributed by atoms with van der Waals surface area (Å²) in [6.07, 6.45) is 7.59. The second kappa shape index (κ2) is 7.08. The molecule has 3 aliphatic rings. The van der Waals surface area contributed by atoms with Crippen molar-refractivity contribution in [1.82, 2.24) is 5.32 Å². The molecule has 1 aromatic rings. The van der Waals surface area contributed by atoms with E-state index in [9.17, 15) is 4.79 Å². The molecule has 1 atom stereocenters. The highest BCUT2D eigenvalue weighted by molar-refractivity contribution is 5.91. The normalized spacial score (nSPS) is 31.0. The van der Waals surface area contributed by atoms with Crippen LogP contribution in [0.1, 0.15) is 69.1 Å². The standard InChI is InChI=1S/C25H31NO2/c1-17(2)26-25(18(3)27)23-15-20(8-7-19-5-6-19)9-10-21(23)16-24(25)13-11-22(28-4)12-14-24/h9-10,15,19,22,26H,1,5-6,11-14,16H2,2-4H3. The minimum Gasteiger partial charge on any atom is -0.381 e. The fourth-order valence-electron chi connectivity index (χ4n) is 5.46. The maximum absolute atomic E-state index is 13.3. The molecule has 148 valence electrons. The average Bonchev–Trinajstić information content (AvgIpc) is 3.46. The Hall–Kier alpha value is -2.05. The molecule has 0 amide bonds. The van der Waals surface area contributed by atoms with Crippen LogP contribution in [0.5, 0.6) is 0 Å². The number of ketones is 1. The first-order valence-corrected chi connectivity index (χ1v) is 10.5. The van der Waals surface area contributed by atoms with Gasteiger partial charge in [-0.2, -0.15) is 0 Å². The van der Waals surface area contributed by atoms with E-state index in [0.29, 0.717) is 12.0 Å². The van der Waals surface area contributed by atoms with Gasteiger partial charge in [0.1, 0.15) is 5.54 Å². The molecule has 1 N–H and O–H groups in total. The summed E-state index contributed by atoms with van der Waals surface area (Å²) in [7, 11) is 1.79. The SMILES string of the molecule is C=C(C)NC1(C(C)=O)c2cc(C#CC3CC3)ccc2CC12CCC(OC)CC2. The van der Waals surface area contributed by atoms with Crippen molar-refractivity contribution in [2.24, 2.45) is 11.3 Å². The van der Waals surface area contributed by atoms with E-state index in [1.165, 1.54) is 18.4 Å². The van der Waals surface area contributed by atoms with Crippen molar-refractivity contribution in [1.29, 1.82) is 0 Å². The van der Waals surface area contributed by atoms with E-state index in [1.807, 2.05) is 6.92 Å². The van der Waals surface area contributed by atoms with E-state index in [2.05, 4.69) is 41.9 Å². The van der Waals surface area contributed by atoms with Gasteiger partial charge in [0.25, 0.3) is 0 Å². The Bertz CT molecular complexity index is 862. The molecule has 2 fully saturated rings. The number of carbonyl (C=O) groups is 1. The summed E-state index contributed by atoms with van der Waals surface area (Å²) in [5.41, 5.74) is 3.40. The van der Waals surface area contributed by atoms with E-state index in [1.54, 1.807) is 14.0 Å². The molecule has 0 bridgehead atoms. The van der Waals surface area contributed by atoms with Crippen LogP contribution in [0.25, 0.3) is 0 Å². The molecule has 0 heterocycles. The fourth-order valence-corrected chi connectivity index (χ4v) is 5.46. The summed E-state index contributed by atoms with van der Waals surface area (Å²) in [5.74, 6) is 7.44. The molecule has 28 heavy (non-hydrogen) atoms. The number of rotatable bonds is 4. The molecule has 1 spiro atoms. The number of hydrogen-bond acceptors (Lipinski definition) is 3. The first kappa shape index (κ1) is 19.3. The third-order valence-electron chi connectivity index (χ3n) is 6.99. The maximum Gasteiger partial charge on any atom is 0.160 e. The molecule has 0 aliphatic heterocycles. The third-order valence-corrected chi connectivity index (χ3v) is 6.99. The van der Waals surface area contributed by atoms with Gasteiger partial charge in [-0.15, -0.1) is 0 Å². The van der Waals surface area contributed by atoms with Crippen LogP contribution in [0.4, 0.5) is 0 Å². The van der Waals surface area contributed by atoms with E-state index >= 15 is 0 Å². The van der Waals surface area contributed by atoms with Crippen molar-refractivity contribution >= 4 is 5.78 Å². The van der Waals surface area contributed by atoms with Gasteiger partial charge in [0.05, 0.1) is 6.10 Å². The van der Waals surface area contributed by atoms with E-state index in [-0.39, 0.29) is 11.2 Å². The van der Waals surface area contributed by atoms with Crippen LogP contribution in [0.2, 0.25) is 0 Å². The summed E-state index contributed by atoms with van der Waals surface area (Å²) in [6, 6.07) is 6.49. The lowest BCUT2D eigenvalue weighted by molar-refractivity contribution is -0.131. The number of nitrogens with one attached hydrogen (secondary N) is 1. The number of ether oxygens (including phenoxy) is 1. The Kier molecular flexibility index (Phi) is 4.88. The van der Waals surface area contributed by atoms with Crippen molar-refractivity contribution in [3.05, 3.63) is 47.2 Å². The Morgan fingerprint density at radius 1 is 1.21 bits per heavy atom. The summed E-state index contributed by atoms with van der Waals surface area (Å²) >= 11 is 0. The Morgan fingerprint density at radius 3 is 2.50 bits per heavy atom. The first-order valence-electron chi connectivity index (χ1n) is 10.5. The van der Waals surface area contributed by atoms with Crippen LogP contribution in [0.3, 0.4) is 0 Å². The lowest BCUT2D eigenvalue weighted by Crippen LogP contribution is -2.58. The van der Waals surface area contributed by atoms with Gasteiger partial charge >= 0.3 is 0 Å². The van der Waals surface area contributed by atoms with E-state index < -0.39 is 5.54 Å². The highest BCUT2D eigenvalue weighted by Crippen LogP contribution is 2.58. The summed E-state index contributed by atoms with van der Waals surface area (Å²) in [5, 5.41) is 3.58. The first-order chi connectivity index (χ1) is 13.4. The van der Waals surface area contributed by atoms with Gasteiger partial charge in [0.2, 0.25) is 0 Å². The topological polar surface area (TPSA) is 38.3 Å². The van der Waals surface area contributed by atoms with Gasteiger partial charge in [-0.1, -0.05) is 24.5 Å². The zero-order chi connectivity index (χ0) is 19.9. The monoisotopic (exact) mass is 377 g/mol. The number of fused-ring (bicyclic) bond motifs is 1. The van der Waals surface area contributed by atoms with Crippen LogP contribution in [-0.4, -0.2) is 19.0 Å². The second-order valence-corrected chi connectivity index (χ2v) is 9.02. The zero-order valence-corrected chi connectivity index (χ0v) is 17.4. The third kappa shape index (κ3) is 3.08. The fraction of sp³-hybridized carbons (Fsp3) is 0.560. The van der Waals surface area contributed by atoms with Crippen molar-refractivity contribution in [2.75, 3.05) is 7.11 Å². The second-order valence-electron chi connectivity index (χ2n) is 9.02. The molecular weight excluding hydrogens is 346 g/mol.